The summed E-state index contributed by atoms with van der Waals surface area (Å²) in [6.45, 7) is 3.57. The van der Waals surface area contributed by atoms with Crippen LogP contribution in [0.25, 0.3) is 0 Å². The molecule has 4 nitrogen and oxygen atoms in total. The third-order valence-corrected chi connectivity index (χ3v) is 3.52. The number of nitrogens with one attached hydrogen (secondary N) is 1. The molecular weight excluding hydrogens is 347 g/mol. The topological polar surface area (TPSA) is 47.6 Å². The number of hydrogen-bond acceptors (Lipinski definition) is 3. The molecule has 0 fully saturated rings. The van der Waals surface area contributed by atoms with Gasteiger partial charge in [0.2, 0.25) is 0 Å². The van der Waals surface area contributed by atoms with Crippen molar-refractivity contribution in [1.29, 1.82) is 0 Å². The van der Waals surface area contributed by atoms with Crippen LogP contribution in [0.15, 0.2) is 48.5 Å². The third kappa shape index (κ3) is 5.98. The van der Waals surface area contributed by atoms with E-state index in [0.29, 0.717) is 0 Å². The number of hydrogen-bond donors (Lipinski definition) is 1. The first-order chi connectivity index (χ1) is 12.3. The fourth-order valence-corrected chi connectivity index (χ4v) is 2.20. The highest BCUT2D eigenvalue weighted by Crippen LogP contribution is 2.31. The van der Waals surface area contributed by atoms with Crippen molar-refractivity contribution >= 4 is 5.91 Å². The zero-order valence-electron chi connectivity index (χ0n) is 14.5. The summed E-state index contributed by atoms with van der Waals surface area (Å²) in [4.78, 5) is 11.9. The Morgan fingerprint density at radius 2 is 1.85 bits per heavy atom. The second kappa shape index (κ2) is 8.60. The van der Waals surface area contributed by atoms with E-state index in [1.807, 2.05) is 31.2 Å². The normalized spacial score (nSPS) is 12.3. The zero-order valence-corrected chi connectivity index (χ0v) is 14.5. The molecule has 2 aromatic carbocycles. The van der Waals surface area contributed by atoms with E-state index in [-0.39, 0.29) is 25.0 Å². The Bertz CT molecular complexity index is 747. The summed E-state index contributed by atoms with van der Waals surface area (Å²) in [5.41, 5.74) is 0.161. The highest BCUT2D eigenvalue weighted by molar-refractivity contribution is 5.77. The fourth-order valence-electron chi connectivity index (χ4n) is 2.20. The molecule has 0 aromatic heterocycles. The van der Waals surface area contributed by atoms with Crippen molar-refractivity contribution in [2.75, 3.05) is 13.2 Å². The van der Waals surface area contributed by atoms with Gasteiger partial charge in [0, 0.05) is 0 Å². The van der Waals surface area contributed by atoms with Gasteiger partial charge in [-0.05, 0) is 43.7 Å². The van der Waals surface area contributed by atoms with E-state index >= 15 is 0 Å². The van der Waals surface area contributed by atoms with Gasteiger partial charge in [-0.3, -0.25) is 4.79 Å². The van der Waals surface area contributed by atoms with Gasteiger partial charge < -0.3 is 14.8 Å². The first-order valence-corrected chi connectivity index (χ1v) is 8.03. The molecule has 0 radical (unpaired) electrons. The van der Waals surface area contributed by atoms with Crippen LogP contribution in [0.2, 0.25) is 0 Å². The predicted octanol–water partition coefficient (Wildman–Crippen LogP) is 3.98. The highest BCUT2D eigenvalue weighted by atomic mass is 19.4. The number of carbonyl (C=O) groups excluding carboxylic acids is 1. The van der Waals surface area contributed by atoms with Crippen molar-refractivity contribution in [3.05, 3.63) is 59.7 Å². The second-order valence-electron chi connectivity index (χ2n) is 5.86. The lowest BCUT2D eigenvalue weighted by molar-refractivity contribution is -0.137. The van der Waals surface area contributed by atoms with Gasteiger partial charge in [-0.15, -0.1) is 0 Å². The molecule has 2 aromatic rings. The Hall–Kier alpha value is -2.70. The largest absolute Gasteiger partial charge is 0.491 e. The molecule has 0 aliphatic heterocycles. The molecular formula is C19H20F3NO3. The van der Waals surface area contributed by atoms with Crippen LogP contribution in [0.3, 0.4) is 0 Å². The molecule has 2 rings (SSSR count). The van der Waals surface area contributed by atoms with E-state index in [1.54, 1.807) is 6.92 Å². The highest BCUT2D eigenvalue weighted by Gasteiger charge is 2.30. The molecule has 0 spiro atoms. The van der Waals surface area contributed by atoms with E-state index in [0.717, 1.165) is 23.4 Å². The molecule has 0 saturated heterocycles. The van der Waals surface area contributed by atoms with Crippen LogP contribution in [0.4, 0.5) is 13.2 Å². The number of benzene rings is 2. The maximum atomic E-state index is 12.6. The van der Waals surface area contributed by atoms with E-state index in [2.05, 4.69) is 5.32 Å². The summed E-state index contributed by atoms with van der Waals surface area (Å²) in [7, 11) is 0. The van der Waals surface area contributed by atoms with Crippen LogP contribution in [0.1, 0.15) is 18.1 Å². The Labute approximate surface area is 149 Å². The fraction of sp³-hybridized carbons (Fsp3) is 0.316. The Morgan fingerprint density at radius 1 is 1.12 bits per heavy atom. The zero-order chi connectivity index (χ0) is 19.2. The summed E-state index contributed by atoms with van der Waals surface area (Å²) in [6, 6.07) is 11.6. The monoisotopic (exact) mass is 367 g/mol. The lowest BCUT2D eigenvalue weighted by Gasteiger charge is -2.16. The molecule has 0 aliphatic rings. The van der Waals surface area contributed by atoms with Gasteiger partial charge in [-0.1, -0.05) is 24.3 Å². The number of rotatable bonds is 7. The Kier molecular flexibility index (Phi) is 6.49. The van der Waals surface area contributed by atoms with Gasteiger partial charge >= 0.3 is 6.18 Å². The van der Waals surface area contributed by atoms with E-state index < -0.39 is 17.6 Å². The number of amides is 1. The van der Waals surface area contributed by atoms with Gasteiger partial charge in [0.25, 0.3) is 5.91 Å². The van der Waals surface area contributed by atoms with Crippen molar-refractivity contribution in [1.82, 2.24) is 5.32 Å². The van der Waals surface area contributed by atoms with Crippen molar-refractivity contribution in [3.63, 3.8) is 0 Å². The molecule has 0 aliphatic carbocycles. The van der Waals surface area contributed by atoms with E-state index in [9.17, 15) is 18.0 Å². The molecule has 1 unspecified atom stereocenters. The molecule has 1 N–H and O–H groups in total. The van der Waals surface area contributed by atoms with Crippen LogP contribution in [0.5, 0.6) is 11.5 Å². The number of para-hydroxylation sites is 1. The number of halogens is 3. The van der Waals surface area contributed by atoms with Gasteiger partial charge in [-0.2, -0.15) is 13.2 Å². The average Bonchev–Trinajstić information content (AvgIpc) is 2.59. The molecule has 140 valence electrons. The van der Waals surface area contributed by atoms with Crippen molar-refractivity contribution in [3.8, 4) is 11.5 Å². The maximum Gasteiger partial charge on any atom is 0.416 e. The van der Waals surface area contributed by atoms with E-state index in [1.165, 1.54) is 12.1 Å². The van der Waals surface area contributed by atoms with Gasteiger partial charge in [0.15, 0.2) is 6.61 Å². The van der Waals surface area contributed by atoms with Crippen molar-refractivity contribution in [2.45, 2.75) is 26.1 Å². The average molecular weight is 367 g/mol. The van der Waals surface area contributed by atoms with Gasteiger partial charge in [-0.25, -0.2) is 0 Å². The summed E-state index contributed by atoms with van der Waals surface area (Å²) in [5, 5.41) is 2.67. The Balaban J connectivity index is 1.79. The first-order valence-electron chi connectivity index (χ1n) is 8.03. The molecule has 0 saturated carbocycles. The van der Waals surface area contributed by atoms with Crippen LogP contribution in [0, 0.1) is 6.92 Å². The smallest absolute Gasteiger partial charge is 0.416 e. The van der Waals surface area contributed by atoms with E-state index in [4.69, 9.17) is 9.47 Å². The maximum absolute atomic E-state index is 12.6. The molecule has 26 heavy (non-hydrogen) atoms. The second-order valence-corrected chi connectivity index (χ2v) is 5.86. The van der Waals surface area contributed by atoms with Crippen LogP contribution in [-0.4, -0.2) is 25.2 Å². The quantitative estimate of drug-likeness (QED) is 0.805. The third-order valence-electron chi connectivity index (χ3n) is 3.52. The number of ether oxygens (including phenoxy) is 2. The summed E-state index contributed by atoms with van der Waals surface area (Å²) in [5.74, 6) is 0.274. The minimum Gasteiger partial charge on any atom is -0.491 e. The number of aryl methyl sites for hydroxylation is 1. The molecule has 7 heteroatoms. The summed E-state index contributed by atoms with van der Waals surface area (Å²) >= 11 is 0. The van der Waals surface area contributed by atoms with Crippen LogP contribution >= 0.6 is 0 Å². The first kappa shape index (κ1) is 19.6. The molecule has 1 amide bonds. The van der Waals surface area contributed by atoms with Crippen LogP contribution in [-0.2, 0) is 11.0 Å². The molecule has 1 atom stereocenters. The van der Waals surface area contributed by atoms with Gasteiger partial charge in [0.05, 0.1) is 11.6 Å². The number of carbonyl (C=O) groups is 1. The van der Waals surface area contributed by atoms with Crippen molar-refractivity contribution in [2.24, 2.45) is 0 Å². The number of alkyl halides is 3. The Morgan fingerprint density at radius 3 is 2.54 bits per heavy atom. The molecule has 0 bridgehead atoms. The standard InChI is InChI=1S/C19H20F3NO3/c1-13-6-3-4-9-17(13)26-11-14(2)23-18(24)12-25-16-8-5-7-15(10-16)19(20,21)22/h3-10,14H,11-12H2,1-2H3,(H,23,24). The van der Waals surface area contributed by atoms with Crippen molar-refractivity contribution < 1.29 is 27.4 Å². The lowest BCUT2D eigenvalue weighted by atomic mass is 10.2. The summed E-state index contributed by atoms with van der Waals surface area (Å²) < 4.78 is 48.7. The SMILES string of the molecule is Cc1ccccc1OCC(C)NC(=O)COc1cccc(C(F)(F)F)c1. The van der Waals surface area contributed by atoms with Gasteiger partial charge in [0.1, 0.15) is 18.1 Å². The predicted molar refractivity (Wildman–Crippen MR) is 91.2 cm³/mol. The minimum absolute atomic E-state index is 0.0150. The summed E-state index contributed by atoms with van der Waals surface area (Å²) in [6.07, 6.45) is -4.46. The van der Waals surface area contributed by atoms with Crippen LogP contribution < -0.4 is 14.8 Å². The minimum atomic E-state index is -4.46. The molecule has 0 heterocycles. The lowest BCUT2D eigenvalue weighted by Crippen LogP contribution is -2.39.